The average Bonchev–Trinajstić information content (AvgIpc) is 2.37. The van der Waals surface area contributed by atoms with Crippen molar-refractivity contribution in [3.05, 3.63) is 29.8 Å². The van der Waals surface area contributed by atoms with E-state index < -0.39 is 0 Å². The number of aliphatic hydroxyl groups excluding tert-OH is 1. The average molecular weight is 265 g/mol. The monoisotopic (exact) mass is 265 g/mol. The Kier molecular flexibility index (Phi) is 5.39. The lowest BCUT2D eigenvalue weighted by atomic mass is 9.83. The third kappa shape index (κ3) is 4.84. The highest BCUT2D eigenvalue weighted by Gasteiger charge is 2.25. The van der Waals surface area contributed by atoms with E-state index >= 15 is 0 Å². The van der Waals surface area contributed by atoms with Crippen LogP contribution in [0.1, 0.15) is 39.7 Å². The van der Waals surface area contributed by atoms with Crippen molar-refractivity contribution < 1.29 is 9.84 Å². The summed E-state index contributed by atoms with van der Waals surface area (Å²) in [5.41, 5.74) is 1.21. The van der Waals surface area contributed by atoms with Gasteiger partial charge in [-0.3, -0.25) is 0 Å². The van der Waals surface area contributed by atoms with E-state index in [9.17, 15) is 0 Å². The SMILES string of the molecule is COc1cccc(C(C)(C)CNC(C)(C)CCO)c1. The lowest BCUT2D eigenvalue weighted by Gasteiger charge is -2.33. The molecular weight excluding hydrogens is 238 g/mol. The summed E-state index contributed by atoms with van der Waals surface area (Å²) in [6.45, 7) is 9.72. The van der Waals surface area contributed by atoms with Gasteiger partial charge in [-0.25, -0.2) is 0 Å². The second-order valence-corrected chi connectivity index (χ2v) is 6.33. The van der Waals surface area contributed by atoms with E-state index in [1.807, 2.05) is 12.1 Å². The van der Waals surface area contributed by atoms with Crippen LogP contribution in [-0.4, -0.2) is 30.9 Å². The number of methoxy groups -OCH3 is 1. The first-order valence-corrected chi connectivity index (χ1v) is 6.81. The number of rotatable bonds is 7. The molecule has 0 bridgehead atoms. The van der Waals surface area contributed by atoms with Crippen molar-refractivity contribution in [1.82, 2.24) is 5.32 Å². The molecule has 3 nitrogen and oxygen atoms in total. The number of aliphatic hydroxyl groups is 1. The van der Waals surface area contributed by atoms with Gasteiger partial charge in [0.2, 0.25) is 0 Å². The van der Waals surface area contributed by atoms with Crippen molar-refractivity contribution in [2.75, 3.05) is 20.3 Å². The zero-order valence-corrected chi connectivity index (χ0v) is 12.8. The molecule has 0 saturated heterocycles. The number of benzene rings is 1. The summed E-state index contributed by atoms with van der Waals surface area (Å²) in [7, 11) is 1.69. The minimum Gasteiger partial charge on any atom is -0.497 e. The Morgan fingerprint density at radius 3 is 2.47 bits per heavy atom. The van der Waals surface area contributed by atoms with Crippen LogP contribution in [0.25, 0.3) is 0 Å². The third-order valence-electron chi connectivity index (χ3n) is 3.60. The maximum absolute atomic E-state index is 9.06. The molecule has 0 aliphatic carbocycles. The number of hydrogen-bond donors (Lipinski definition) is 2. The van der Waals surface area contributed by atoms with Gasteiger partial charge in [-0.05, 0) is 38.0 Å². The van der Waals surface area contributed by atoms with Crippen LogP contribution in [0.15, 0.2) is 24.3 Å². The van der Waals surface area contributed by atoms with Gasteiger partial charge in [-0.15, -0.1) is 0 Å². The van der Waals surface area contributed by atoms with E-state index in [0.717, 1.165) is 18.7 Å². The van der Waals surface area contributed by atoms with Crippen LogP contribution in [0, 0.1) is 0 Å². The van der Waals surface area contributed by atoms with Crippen molar-refractivity contribution in [3.63, 3.8) is 0 Å². The molecule has 0 aliphatic heterocycles. The predicted octanol–water partition coefficient (Wildman–Crippen LogP) is 2.72. The van der Waals surface area contributed by atoms with Crippen LogP contribution in [-0.2, 0) is 5.41 Å². The van der Waals surface area contributed by atoms with Crippen molar-refractivity contribution in [3.8, 4) is 5.75 Å². The Morgan fingerprint density at radius 1 is 1.21 bits per heavy atom. The Morgan fingerprint density at radius 2 is 1.89 bits per heavy atom. The van der Waals surface area contributed by atoms with E-state index in [1.54, 1.807) is 7.11 Å². The maximum atomic E-state index is 9.06. The van der Waals surface area contributed by atoms with Crippen molar-refractivity contribution in [1.29, 1.82) is 0 Å². The lowest BCUT2D eigenvalue weighted by Crippen LogP contribution is -2.46. The first-order chi connectivity index (χ1) is 8.80. The molecule has 19 heavy (non-hydrogen) atoms. The second-order valence-electron chi connectivity index (χ2n) is 6.33. The summed E-state index contributed by atoms with van der Waals surface area (Å²) in [6, 6.07) is 8.20. The van der Waals surface area contributed by atoms with Gasteiger partial charge in [0.05, 0.1) is 7.11 Å². The second kappa shape index (κ2) is 6.40. The quantitative estimate of drug-likeness (QED) is 0.796. The van der Waals surface area contributed by atoms with Crippen molar-refractivity contribution in [2.24, 2.45) is 0 Å². The third-order valence-corrected chi connectivity index (χ3v) is 3.60. The molecule has 0 heterocycles. The molecule has 0 spiro atoms. The van der Waals surface area contributed by atoms with Gasteiger partial charge in [0.15, 0.2) is 0 Å². The minimum absolute atomic E-state index is 0.0151. The van der Waals surface area contributed by atoms with E-state index in [0.29, 0.717) is 0 Å². The van der Waals surface area contributed by atoms with Gasteiger partial charge in [0.1, 0.15) is 5.75 Å². The molecule has 1 aromatic carbocycles. The van der Waals surface area contributed by atoms with Gasteiger partial charge in [0, 0.05) is 24.1 Å². The molecule has 1 rings (SSSR count). The molecule has 0 aromatic heterocycles. The number of ether oxygens (including phenoxy) is 1. The molecule has 1 aromatic rings. The van der Waals surface area contributed by atoms with Gasteiger partial charge < -0.3 is 15.2 Å². The Balaban J connectivity index is 2.74. The number of nitrogens with one attached hydrogen (secondary N) is 1. The lowest BCUT2D eigenvalue weighted by molar-refractivity contribution is 0.223. The molecule has 0 aliphatic rings. The molecule has 0 unspecified atom stereocenters. The van der Waals surface area contributed by atoms with Gasteiger partial charge >= 0.3 is 0 Å². The topological polar surface area (TPSA) is 41.5 Å². The van der Waals surface area contributed by atoms with Crippen LogP contribution in [0.3, 0.4) is 0 Å². The molecule has 108 valence electrons. The molecule has 0 radical (unpaired) electrons. The fourth-order valence-electron chi connectivity index (χ4n) is 1.97. The van der Waals surface area contributed by atoms with Crippen LogP contribution >= 0.6 is 0 Å². The van der Waals surface area contributed by atoms with Crippen molar-refractivity contribution >= 4 is 0 Å². The molecule has 0 amide bonds. The zero-order valence-electron chi connectivity index (χ0n) is 12.8. The minimum atomic E-state index is -0.0507. The first kappa shape index (κ1) is 16.0. The fraction of sp³-hybridized carbons (Fsp3) is 0.625. The Bertz CT molecular complexity index is 399. The van der Waals surface area contributed by atoms with E-state index in [-0.39, 0.29) is 17.6 Å². The molecule has 2 N–H and O–H groups in total. The zero-order chi connectivity index (χ0) is 14.5. The van der Waals surface area contributed by atoms with Crippen molar-refractivity contribution in [2.45, 2.75) is 45.1 Å². The van der Waals surface area contributed by atoms with Gasteiger partial charge in [-0.2, -0.15) is 0 Å². The van der Waals surface area contributed by atoms with Crippen LogP contribution in [0.2, 0.25) is 0 Å². The summed E-state index contributed by atoms with van der Waals surface area (Å²) >= 11 is 0. The van der Waals surface area contributed by atoms with E-state index in [2.05, 4.69) is 45.1 Å². The highest BCUT2D eigenvalue weighted by Crippen LogP contribution is 2.26. The largest absolute Gasteiger partial charge is 0.497 e. The standard InChI is InChI=1S/C16H27NO2/c1-15(2,12-17-16(3,4)9-10-18)13-7-6-8-14(11-13)19-5/h6-8,11,17-18H,9-10,12H2,1-5H3. The van der Waals surface area contributed by atoms with Gasteiger partial charge in [-0.1, -0.05) is 26.0 Å². The normalized spacial score (nSPS) is 12.5. The maximum Gasteiger partial charge on any atom is 0.119 e. The summed E-state index contributed by atoms with van der Waals surface area (Å²) in [5.74, 6) is 0.889. The van der Waals surface area contributed by atoms with Gasteiger partial charge in [0.25, 0.3) is 0 Å². The van der Waals surface area contributed by atoms with E-state index in [4.69, 9.17) is 9.84 Å². The molecule has 0 saturated carbocycles. The predicted molar refractivity (Wildman–Crippen MR) is 79.8 cm³/mol. The Hall–Kier alpha value is -1.06. The molecule has 0 atom stereocenters. The highest BCUT2D eigenvalue weighted by molar-refractivity contribution is 5.33. The summed E-state index contributed by atoms with van der Waals surface area (Å²) in [4.78, 5) is 0. The highest BCUT2D eigenvalue weighted by atomic mass is 16.5. The summed E-state index contributed by atoms with van der Waals surface area (Å²) in [6.07, 6.45) is 0.751. The Labute approximate surface area is 117 Å². The van der Waals surface area contributed by atoms with Crippen LogP contribution in [0.5, 0.6) is 5.75 Å². The van der Waals surface area contributed by atoms with Crippen LogP contribution in [0.4, 0.5) is 0 Å². The molecule has 0 fully saturated rings. The number of hydrogen-bond acceptors (Lipinski definition) is 3. The smallest absolute Gasteiger partial charge is 0.119 e. The van der Waals surface area contributed by atoms with E-state index in [1.165, 1.54) is 5.56 Å². The van der Waals surface area contributed by atoms with Crippen LogP contribution < -0.4 is 10.1 Å². The molecule has 3 heteroatoms. The summed E-state index contributed by atoms with van der Waals surface area (Å²) in [5, 5.41) is 12.6. The summed E-state index contributed by atoms with van der Waals surface area (Å²) < 4.78 is 5.28. The first-order valence-electron chi connectivity index (χ1n) is 6.81. The fourth-order valence-corrected chi connectivity index (χ4v) is 1.97. The molecular formula is C16H27NO2.